The van der Waals surface area contributed by atoms with E-state index >= 15 is 0 Å². The fourth-order valence-electron chi connectivity index (χ4n) is 2.70. The van der Waals surface area contributed by atoms with Gasteiger partial charge in [-0.2, -0.15) is 0 Å². The van der Waals surface area contributed by atoms with Crippen molar-refractivity contribution in [3.63, 3.8) is 0 Å². The summed E-state index contributed by atoms with van der Waals surface area (Å²) in [6, 6.07) is 6.84. The van der Waals surface area contributed by atoms with Crippen molar-refractivity contribution in [2.75, 3.05) is 13.7 Å². The van der Waals surface area contributed by atoms with Gasteiger partial charge in [0.2, 0.25) is 0 Å². The Morgan fingerprint density at radius 2 is 2.24 bits per heavy atom. The highest BCUT2D eigenvalue weighted by molar-refractivity contribution is 5.86. The van der Waals surface area contributed by atoms with Crippen LogP contribution in [0.5, 0.6) is 5.75 Å². The van der Waals surface area contributed by atoms with E-state index in [0.717, 1.165) is 25.1 Å². The molecule has 1 aliphatic rings. The number of H-pyrrole nitrogens is 1. The van der Waals surface area contributed by atoms with E-state index in [4.69, 9.17) is 4.74 Å². The molecule has 90 valence electrons. The summed E-state index contributed by atoms with van der Waals surface area (Å²) in [6.45, 7) is 3.30. The lowest BCUT2D eigenvalue weighted by molar-refractivity contribution is 0.415. The smallest absolute Gasteiger partial charge is 0.120 e. The van der Waals surface area contributed by atoms with E-state index in [9.17, 15) is 0 Å². The largest absolute Gasteiger partial charge is 0.497 e. The van der Waals surface area contributed by atoms with Gasteiger partial charge >= 0.3 is 0 Å². The average Bonchev–Trinajstić information content (AvgIpc) is 2.55. The van der Waals surface area contributed by atoms with Crippen LogP contribution in [0.15, 0.2) is 18.2 Å². The third-order valence-electron chi connectivity index (χ3n) is 3.58. The Hall–Kier alpha value is -1.48. The van der Waals surface area contributed by atoms with Crippen LogP contribution < -0.4 is 10.1 Å². The molecule has 1 unspecified atom stereocenters. The van der Waals surface area contributed by atoms with Gasteiger partial charge in [-0.05, 0) is 37.6 Å². The number of benzene rings is 1. The number of aromatic amines is 1. The van der Waals surface area contributed by atoms with E-state index < -0.39 is 0 Å². The van der Waals surface area contributed by atoms with E-state index in [1.54, 1.807) is 7.11 Å². The summed E-state index contributed by atoms with van der Waals surface area (Å²) in [7, 11) is 1.71. The Balaban J connectivity index is 2.13. The lowest BCUT2D eigenvalue weighted by atomic mass is 10.1. The monoisotopic (exact) mass is 230 g/mol. The predicted octanol–water partition coefficient (Wildman–Crippen LogP) is 2.25. The van der Waals surface area contributed by atoms with Crippen LogP contribution >= 0.6 is 0 Å². The summed E-state index contributed by atoms with van der Waals surface area (Å²) >= 11 is 0. The molecule has 1 aromatic carbocycles. The lowest BCUT2D eigenvalue weighted by Gasteiger charge is -2.07. The van der Waals surface area contributed by atoms with Crippen LogP contribution in [-0.4, -0.2) is 24.7 Å². The first kappa shape index (κ1) is 10.7. The molecular formula is C14H18N2O. The third-order valence-corrected chi connectivity index (χ3v) is 3.58. The van der Waals surface area contributed by atoms with E-state index in [1.807, 2.05) is 6.07 Å². The van der Waals surface area contributed by atoms with Crippen molar-refractivity contribution in [3.8, 4) is 5.75 Å². The number of hydrogen-bond acceptors (Lipinski definition) is 2. The molecule has 0 radical (unpaired) electrons. The van der Waals surface area contributed by atoms with E-state index in [-0.39, 0.29) is 0 Å². The Labute approximate surface area is 101 Å². The topological polar surface area (TPSA) is 37.0 Å². The molecule has 2 heterocycles. The van der Waals surface area contributed by atoms with Crippen LogP contribution in [0, 0.1) is 0 Å². The Morgan fingerprint density at radius 3 is 3.06 bits per heavy atom. The van der Waals surface area contributed by atoms with Crippen LogP contribution in [-0.2, 0) is 12.8 Å². The summed E-state index contributed by atoms with van der Waals surface area (Å²) in [6.07, 6.45) is 2.18. The van der Waals surface area contributed by atoms with Crippen LogP contribution in [0.2, 0.25) is 0 Å². The van der Waals surface area contributed by atoms with Crippen molar-refractivity contribution in [1.82, 2.24) is 10.3 Å². The van der Waals surface area contributed by atoms with Crippen molar-refractivity contribution in [2.45, 2.75) is 25.8 Å². The first-order valence-corrected chi connectivity index (χ1v) is 6.19. The molecule has 0 aliphatic carbocycles. The molecule has 0 fully saturated rings. The van der Waals surface area contributed by atoms with Crippen molar-refractivity contribution < 1.29 is 4.74 Å². The molecule has 1 atom stereocenters. The fraction of sp³-hybridized carbons (Fsp3) is 0.429. The number of fused-ring (bicyclic) bond motifs is 3. The third kappa shape index (κ3) is 1.80. The van der Waals surface area contributed by atoms with Crippen LogP contribution in [0.3, 0.4) is 0 Å². The normalized spacial score (nSPS) is 20.0. The molecule has 3 rings (SSSR count). The van der Waals surface area contributed by atoms with Gasteiger partial charge in [-0.15, -0.1) is 0 Å². The standard InChI is InChI=1S/C14H18N2O/c1-9-7-13-12(5-6-15-9)11-4-3-10(17-2)8-14(11)16-13/h3-4,8-9,15-16H,5-7H2,1-2H3. The van der Waals surface area contributed by atoms with Crippen molar-refractivity contribution in [1.29, 1.82) is 0 Å². The average molecular weight is 230 g/mol. The Bertz CT molecular complexity index is 544. The summed E-state index contributed by atoms with van der Waals surface area (Å²) in [5.41, 5.74) is 4.05. The molecule has 3 nitrogen and oxygen atoms in total. The highest BCUT2D eigenvalue weighted by Gasteiger charge is 2.17. The van der Waals surface area contributed by atoms with Gasteiger partial charge in [0.15, 0.2) is 0 Å². The zero-order chi connectivity index (χ0) is 11.8. The van der Waals surface area contributed by atoms with Gasteiger partial charge in [-0.25, -0.2) is 0 Å². The maximum absolute atomic E-state index is 5.27. The molecule has 3 heteroatoms. The Kier molecular flexibility index (Phi) is 2.56. The van der Waals surface area contributed by atoms with Crippen LogP contribution in [0.4, 0.5) is 0 Å². The van der Waals surface area contributed by atoms with Crippen molar-refractivity contribution >= 4 is 10.9 Å². The number of methoxy groups -OCH3 is 1. The minimum Gasteiger partial charge on any atom is -0.497 e. The van der Waals surface area contributed by atoms with E-state index in [0.29, 0.717) is 6.04 Å². The predicted molar refractivity (Wildman–Crippen MR) is 69.7 cm³/mol. The van der Waals surface area contributed by atoms with E-state index in [2.05, 4.69) is 29.4 Å². The minimum absolute atomic E-state index is 0.547. The maximum Gasteiger partial charge on any atom is 0.120 e. The second-order valence-corrected chi connectivity index (χ2v) is 4.80. The van der Waals surface area contributed by atoms with Gasteiger partial charge in [-0.3, -0.25) is 0 Å². The van der Waals surface area contributed by atoms with Gasteiger partial charge < -0.3 is 15.0 Å². The zero-order valence-electron chi connectivity index (χ0n) is 10.3. The fourth-order valence-corrected chi connectivity index (χ4v) is 2.70. The summed E-state index contributed by atoms with van der Waals surface area (Å²) < 4.78 is 5.27. The van der Waals surface area contributed by atoms with Crippen LogP contribution in [0.1, 0.15) is 18.2 Å². The van der Waals surface area contributed by atoms with Gasteiger partial charge in [0.05, 0.1) is 7.11 Å². The molecule has 1 aromatic heterocycles. The molecule has 0 saturated carbocycles. The van der Waals surface area contributed by atoms with Crippen molar-refractivity contribution in [3.05, 3.63) is 29.5 Å². The lowest BCUT2D eigenvalue weighted by Crippen LogP contribution is -2.27. The van der Waals surface area contributed by atoms with Gasteiger partial charge in [0.25, 0.3) is 0 Å². The van der Waals surface area contributed by atoms with Gasteiger partial charge in [0.1, 0.15) is 5.75 Å². The second kappa shape index (κ2) is 4.08. The van der Waals surface area contributed by atoms with Crippen LogP contribution in [0.25, 0.3) is 10.9 Å². The first-order valence-electron chi connectivity index (χ1n) is 6.19. The molecule has 0 bridgehead atoms. The summed E-state index contributed by atoms with van der Waals surface area (Å²) in [5, 5.41) is 4.86. The highest BCUT2D eigenvalue weighted by atomic mass is 16.5. The molecule has 1 aliphatic heterocycles. The van der Waals surface area contributed by atoms with Gasteiger partial charge in [0, 0.05) is 35.1 Å². The molecule has 17 heavy (non-hydrogen) atoms. The van der Waals surface area contributed by atoms with Gasteiger partial charge in [-0.1, -0.05) is 0 Å². The summed E-state index contributed by atoms with van der Waals surface area (Å²) in [4.78, 5) is 3.54. The number of hydrogen-bond donors (Lipinski definition) is 2. The number of nitrogens with one attached hydrogen (secondary N) is 2. The highest BCUT2D eigenvalue weighted by Crippen LogP contribution is 2.28. The minimum atomic E-state index is 0.547. The molecule has 2 N–H and O–H groups in total. The maximum atomic E-state index is 5.27. The molecule has 0 amide bonds. The SMILES string of the molecule is COc1ccc2c3c([nH]c2c1)CC(C)NCC3. The molecular weight excluding hydrogens is 212 g/mol. The first-order chi connectivity index (χ1) is 8.28. The Morgan fingerprint density at radius 1 is 1.35 bits per heavy atom. The number of aromatic nitrogens is 1. The molecule has 0 spiro atoms. The second-order valence-electron chi connectivity index (χ2n) is 4.80. The summed E-state index contributed by atoms with van der Waals surface area (Å²) in [5.74, 6) is 0.917. The van der Waals surface area contributed by atoms with E-state index in [1.165, 1.54) is 22.2 Å². The number of rotatable bonds is 1. The molecule has 0 saturated heterocycles. The zero-order valence-corrected chi connectivity index (χ0v) is 10.3. The number of ether oxygens (including phenoxy) is 1. The molecule has 2 aromatic rings. The quantitative estimate of drug-likeness (QED) is 0.788. The van der Waals surface area contributed by atoms with Crippen molar-refractivity contribution in [2.24, 2.45) is 0 Å².